The van der Waals surface area contributed by atoms with Gasteiger partial charge in [0.15, 0.2) is 0 Å². The van der Waals surface area contributed by atoms with Crippen molar-refractivity contribution in [2.45, 2.75) is 25.7 Å². The minimum atomic E-state index is -1.01. The smallest absolute Gasteiger partial charge is 0.323 e. The molecule has 25 heavy (non-hydrogen) atoms. The van der Waals surface area contributed by atoms with Gasteiger partial charge in [-0.15, -0.1) is 0 Å². The maximum atomic E-state index is 12.0. The van der Waals surface area contributed by atoms with Crippen LogP contribution in [-0.4, -0.2) is 46.7 Å². The number of hydrogen-bond donors (Lipinski definition) is 4. The number of likely N-dealkylation sites (tertiary alicyclic amines) is 1. The summed E-state index contributed by atoms with van der Waals surface area (Å²) in [4.78, 5) is 35.9. The number of amides is 2. The molecule has 1 aromatic rings. The van der Waals surface area contributed by atoms with Crippen molar-refractivity contribution in [3.63, 3.8) is 0 Å². The second-order valence-corrected chi connectivity index (χ2v) is 6.15. The van der Waals surface area contributed by atoms with E-state index < -0.39 is 5.97 Å². The van der Waals surface area contributed by atoms with Gasteiger partial charge in [0.1, 0.15) is 12.4 Å². The fraction of sp³-hybridized carbons (Fsp3) is 0.412. The van der Waals surface area contributed by atoms with Crippen LogP contribution in [0.4, 0.5) is 5.69 Å². The SMILES string of the molecule is N=C(N)c1ccc(NC(=O)CCC2CCN(CC(=O)O)C(=O)C2)cc1. The number of nitrogens with one attached hydrogen (secondary N) is 2. The molecule has 0 aromatic heterocycles. The van der Waals surface area contributed by atoms with Gasteiger partial charge in [-0.2, -0.15) is 0 Å². The molecule has 1 aliphatic heterocycles. The summed E-state index contributed by atoms with van der Waals surface area (Å²) in [5, 5.41) is 18.8. The molecule has 0 saturated carbocycles. The summed E-state index contributed by atoms with van der Waals surface area (Å²) < 4.78 is 0. The van der Waals surface area contributed by atoms with Crippen molar-refractivity contribution in [3.05, 3.63) is 29.8 Å². The molecular formula is C17H22N4O4. The fourth-order valence-electron chi connectivity index (χ4n) is 2.81. The Morgan fingerprint density at radius 3 is 2.56 bits per heavy atom. The maximum Gasteiger partial charge on any atom is 0.323 e. The summed E-state index contributed by atoms with van der Waals surface area (Å²) in [5.74, 6) is -1.25. The van der Waals surface area contributed by atoms with Gasteiger partial charge in [0.25, 0.3) is 0 Å². The summed E-state index contributed by atoms with van der Waals surface area (Å²) in [6.07, 6.45) is 1.88. The zero-order valence-corrected chi connectivity index (χ0v) is 13.8. The standard InChI is InChI=1S/C17H22N4O4/c18-17(19)12-2-4-13(5-3-12)20-14(22)6-1-11-7-8-21(10-16(24)25)15(23)9-11/h2-5,11H,1,6-10H2,(H3,18,19)(H,20,22)(H,24,25). The number of nitrogens with two attached hydrogens (primary N) is 1. The van der Waals surface area contributed by atoms with E-state index in [0.717, 1.165) is 0 Å². The van der Waals surface area contributed by atoms with Crippen LogP contribution in [0, 0.1) is 11.3 Å². The molecule has 1 heterocycles. The monoisotopic (exact) mass is 346 g/mol. The predicted molar refractivity (Wildman–Crippen MR) is 92.3 cm³/mol. The summed E-state index contributed by atoms with van der Waals surface area (Å²) in [5.41, 5.74) is 6.59. The largest absolute Gasteiger partial charge is 0.480 e. The number of anilines is 1. The molecule has 134 valence electrons. The number of amidine groups is 1. The summed E-state index contributed by atoms with van der Waals surface area (Å²) in [6.45, 7) is 0.159. The average Bonchev–Trinajstić information content (AvgIpc) is 2.55. The first-order valence-corrected chi connectivity index (χ1v) is 8.09. The molecule has 0 spiro atoms. The van der Waals surface area contributed by atoms with Crippen LogP contribution in [0.5, 0.6) is 0 Å². The van der Waals surface area contributed by atoms with Gasteiger partial charge >= 0.3 is 5.97 Å². The molecule has 0 radical (unpaired) electrons. The molecule has 1 atom stereocenters. The molecule has 2 rings (SSSR count). The first-order chi connectivity index (χ1) is 11.8. The Bertz CT molecular complexity index is 672. The molecule has 1 aliphatic rings. The van der Waals surface area contributed by atoms with E-state index in [1.807, 2.05) is 0 Å². The van der Waals surface area contributed by atoms with E-state index in [0.29, 0.717) is 37.1 Å². The molecule has 0 bridgehead atoms. The van der Waals surface area contributed by atoms with Crippen LogP contribution in [0.3, 0.4) is 0 Å². The predicted octanol–water partition coefficient (Wildman–Crippen LogP) is 1.01. The quantitative estimate of drug-likeness (QED) is 0.431. The van der Waals surface area contributed by atoms with Crippen molar-refractivity contribution in [1.82, 2.24) is 4.90 Å². The highest BCUT2D eigenvalue weighted by atomic mass is 16.4. The molecule has 1 aromatic carbocycles. The lowest BCUT2D eigenvalue weighted by Crippen LogP contribution is -2.41. The fourth-order valence-corrected chi connectivity index (χ4v) is 2.81. The van der Waals surface area contributed by atoms with E-state index in [4.69, 9.17) is 16.2 Å². The maximum absolute atomic E-state index is 12.0. The second kappa shape index (κ2) is 8.27. The van der Waals surface area contributed by atoms with Gasteiger partial charge in [-0.05, 0) is 43.0 Å². The Morgan fingerprint density at radius 1 is 1.32 bits per heavy atom. The van der Waals surface area contributed by atoms with Crippen LogP contribution in [0.15, 0.2) is 24.3 Å². The van der Waals surface area contributed by atoms with E-state index in [1.165, 1.54) is 4.90 Å². The van der Waals surface area contributed by atoms with Crippen LogP contribution >= 0.6 is 0 Å². The number of piperidine rings is 1. The number of aliphatic carboxylic acids is 1. The van der Waals surface area contributed by atoms with Gasteiger partial charge in [-0.3, -0.25) is 19.8 Å². The van der Waals surface area contributed by atoms with E-state index in [1.54, 1.807) is 24.3 Å². The number of nitrogen functional groups attached to an aromatic ring is 1. The summed E-state index contributed by atoms with van der Waals surface area (Å²) in [6, 6.07) is 6.69. The third-order valence-corrected chi connectivity index (χ3v) is 4.21. The number of carboxylic acid groups (broad SMARTS) is 1. The van der Waals surface area contributed by atoms with Crippen molar-refractivity contribution in [3.8, 4) is 0 Å². The van der Waals surface area contributed by atoms with Crippen molar-refractivity contribution in [1.29, 1.82) is 5.41 Å². The van der Waals surface area contributed by atoms with Gasteiger partial charge in [-0.25, -0.2) is 0 Å². The van der Waals surface area contributed by atoms with E-state index in [2.05, 4.69) is 5.32 Å². The first-order valence-electron chi connectivity index (χ1n) is 8.09. The lowest BCUT2D eigenvalue weighted by molar-refractivity contribution is -0.146. The summed E-state index contributed by atoms with van der Waals surface area (Å²) >= 11 is 0. The Balaban J connectivity index is 1.76. The number of carboxylic acids is 1. The number of carbonyl (C=O) groups excluding carboxylic acids is 2. The zero-order chi connectivity index (χ0) is 18.4. The second-order valence-electron chi connectivity index (χ2n) is 6.15. The van der Waals surface area contributed by atoms with Crippen molar-refractivity contribution < 1.29 is 19.5 Å². The molecule has 1 fully saturated rings. The Labute approximate surface area is 145 Å². The number of rotatable bonds is 7. The number of nitrogens with zero attached hydrogens (tertiary/aromatic N) is 1. The van der Waals surface area contributed by atoms with Crippen molar-refractivity contribution in [2.75, 3.05) is 18.4 Å². The highest BCUT2D eigenvalue weighted by molar-refractivity contribution is 5.96. The van der Waals surface area contributed by atoms with Gasteiger partial charge in [0.2, 0.25) is 11.8 Å². The topological polar surface area (TPSA) is 137 Å². The highest BCUT2D eigenvalue weighted by Gasteiger charge is 2.27. The van der Waals surface area contributed by atoms with Crippen LogP contribution < -0.4 is 11.1 Å². The van der Waals surface area contributed by atoms with Crippen molar-refractivity contribution in [2.24, 2.45) is 11.7 Å². The molecule has 1 unspecified atom stereocenters. The normalized spacial score (nSPS) is 17.2. The lowest BCUT2D eigenvalue weighted by Gasteiger charge is -2.30. The minimum Gasteiger partial charge on any atom is -0.480 e. The minimum absolute atomic E-state index is 0.0308. The molecule has 0 aliphatic carbocycles. The van der Waals surface area contributed by atoms with Crippen molar-refractivity contribution >= 4 is 29.3 Å². The molecule has 5 N–H and O–H groups in total. The molecule has 8 heteroatoms. The Kier molecular flexibility index (Phi) is 6.10. The Morgan fingerprint density at radius 2 is 2.00 bits per heavy atom. The van der Waals surface area contributed by atoms with E-state index >= 15 is 0 Å². The van der Waals surface area contributed by atoms with Gasteiger partial charge < -0.3 is 21.1 Å². The van der Waals surface area contributed by atoms with E-state index in [-0.39, 0.29) is 36.5 Å². The van der Waals surface area contributed by atoms with Crippen LogP contribution in [0.1, 0.15) is 31.2 Å². The zero-order valence-electron chi connectivity index (χ0n) is 13.8. The highest BCUT2D eigenvalue weighted by Crippen LogP contribution is 2.23. The first kappa shape index (κ1) is 18.4. The lowest BCUT2D eigenvalue weighted by atomic mass is 9.91. The molecule has 8 nitrogen and oxygen atoms in total. The van der Waals surface area contributed by atoms with Crippen LogP contribution in [0.2, 0.25) is 0 Å². The number of benzene rings is 1. The van der Waals surface area contributed by atoms with E-state index in [9.17, 15) is 14.4 Å². The summed E-state index contributed by atoms with van der Waals surface area (Å²) in [7, 11) is 0. The number of carbonyl (C=O) groups is 3. The van der Waals surface area contributed by atoms with Gasteiger partial charge in [-0.1, -0.05) is 0 Å². The van der Waals surface area contributed by atoms with Gasteiger partial charge in [0, 0.05) is 30.6 Å². The van der Waals surface area contributed by atoms with Crippen LogP contribution in [0.25, 0.3) is 0 Å². The molecule has 2 amide bonds. The van der Waals surface area contributed by atoms with Crippen LogP contribution in [-0.2, 0) is 14.4 Å². The molecular weight excluding hydrogens is 324 g/mol. The third kappa shape index (κ3) is 5.59. The molecule has 1 saturated heterocycles. The average molecular weight is 346 g/mol. The number of hydrogen-bond acceptors (Lipinski definition) is 4. The third-order valence-electron chi connectivity index (χ3n) is 4.21. The Hall–Kier alpha value is -2.90. The van der Waals surface area contributed by atoms with Gasteiger partial charge in [0.05, 0.1) is 0 Å².